The van der Waals surface area contributed by atoms with Gasteiger partial charge in [-0.25, -0.2) is 0 Å². The van der Waals surface area contributed by atoms with Crippen LogP contribution in [-0.2, 0) is 11.8 Å². The number of hydrogen-bond acceptors (Lipinski definition) is 3. The molecule has 0 aliphatic carbocycles. The standard InChI is InChI=1S/C13H18F3N3O2/c1-12(21,13(14,15)16)11(20)19-7-4-9(5-8-19)10-3-6-17-18(10)2/h3,6,9,21H,4-5,7-8H2,1-2H3. The van der Waals surface area contributed by atoms with Crippen LogP contribution in [0.1, 0.15) is 31.4 Å². The Morgan fingerprint density at radius 2 is 1.95 bits per heavy atom. The van der Waals surface area contributed by atoms with Crippen LogP contribution in [0, 0.1) is 0 Å². The molecule has 1 aliphatic rings. The number of carbonyl (C=O) groups excluding carboxylic acids is 1. The van der Waals surface area contributed by atoms with Crippen LogP contribution in [0.5, 0.6) is 0 Å². The Hall–Kier alpha value is -1.57. The number of amides is 1. The summed E-state index contributed by atoms with van der Waals surface area (Å²) in [5.74, 6) is -1.11. The van der Waals surface area contributed by atoms with E-state index in [0.717, 1.165) is 10.6 Å². The number of aryl methyl sites for hydroxylation is 1. The third-order valence-electron chi connectivity index (χ3n) is 4.03. The number of piperidine rings is 1. The molecule has 1 atom stereocenters. The molecule has 2 rings (SSSR count). The van der Waals surface area contributed by atoms with Gasteiger partial charge >= 0.3 is 6.18 Å². The van der Waals surface area contributed by atoms with Crippen molar-refractivity contribution in [1.29, 1.82) is 0 Å². The van der Waals surface area contributed by atoms with Crippen LogP contribution in [0.3, 0.4) is 0 Å². The molecule has 1 aromatic heterocycles. The van der Waals surface area contributed by atoms with Gasteiger partial charge in [0.15, 0.2) is 0 Å². The van der Waals surface area contributed by atoms with Gasteiger partial charge in [-0.15, -0.1) is 0 Å². The van der Waals surface area contributed by atoms with Gasteiger partial charge in [-0.2, -0.15) is 18.3 Å². The number of aliphatic hydroxyl groups is 1. The zero-order chi connectivity index (χ0) is 15.8. The van der Waals surface area contributed by atoms with Crippen LogP contribution in [-0.4, -0.2) is 50.6 Å². The molecule has 0 aromatic carbocycles. The van der Waals surface area contributed by atoms with Crippen molar-refractivity contribution in [3.8, 4) is 0 Å². The highest BCUT2D eigenvalue weighted by Gasteiger charge is 2.57. The minimum Gasteiger partial charge on any atom is -0.373 e. The molecule has 8 heteroatoms. The third-order valence-corrected chi connectivity index (χ3v) is 4.03. The molecule has 1 amide bonds. The van der Waals surface area contributed by atoms with E-state index in [1.807, 2.05) is 6.07 Å². The first-order chi connectivity index (χ1) is 9.64. The first-order valence-corrected chi connectivity index (χ1v) is 6.71. The second kappa shape index (κ2) is 5.32. The second-order valence-corrected chi connectivity index (χ2v) is 5.52. The van der Waals surface area contributed by atoms with Gasteiger partial charge in [0.2, 0.25) is 5.60 Å². The minimum atomic E-state index is -4.97. The predicted molar refractivity (Wildman–Crippen MR) is 68.4 cm³/mol. The first kappa shape index (κ1) is 15.8. The summed E-state index contributed by atoms with van der Waals surface area (Å²) in [6, 6.07) is 1.87. The monoisotopic (exact) mass is 305 g/mol. The smallest absolute Gasteiger partial charge is 0.373 e. The Morgan fingerprint density at radius 3 is 2.38 bits per heavy atom. The highest BCUT2D eigenvalue weighted by molar-refractivity contribution is 5.85. The maximum atomic E-state index is 12.7. The molecule has 1 N–H and O–H groups in total. The van der Waals surface area contributed by atoms with Crippen molar-refractivity contribution in [2.24, 2.45) is 7.05 Å². The van der Waals surface area contributed by atoms with E-state index in [9.17, 15) is 23.1 Å². The fourth-order valence-electron chi connectivity index (χ4n) is 2.59. The molecule has 0 saturated carbocycles. The molecule has 0 bridgehead atoms. The Balaban J connectivity index is 2.01. The maximum Gasteiger partial charge on any atom is 0.426 e. The number of carbonyl (C=O) groups is 1. The van der Waals surface area contributed by atoms with Crippen LogP contribution in [0.4, 0.5) is 13.2 Å². The van der Waals surface area contributed by atoms with Gasteiger partial charge in [0.05, 0.1) is 0 Å². The topological polar surface area (TPSA) is 58.4 Å². The normalized spacial score (nSPS) is 20.4. The molecule has 0 spiro atoms. The van der Waals surface area contributed by atoms with E-state index in [2.05, 4.69) is 5.10 Å². The molecule has 5 nitrogen and oxygen atoms in total. The zero-order valence-electron chi connectivity index (χ0n) is 11.9. The fourth-order valence-corrected chi connectivity index (χ4v) is 2.59. The van der Waals surface area contributed by atoms with Crippen LogP contribution >= 0.6 is 0 Å². The van der Waals surface area contributed by atoms with Crippen molar-refractivity contribution in [2.45, 2.75) is 37.5 Å². The summed E-state index contributed by atoms with van der Waals surface area (Å²) in [5, 5.41) is 13.5. The van der Waals surface area contributed by atoms with Crippen molar-refractivity contribution in [3.05, 3.63) is 18.0 Å². The highest BCUT2D eigenvalue weighted by Crippen LogP contribution is 2.34. The summed E-state index contributed by atoms with van der Waals surface area (Å²) in [6.07, 6.45) is -2.19. The van der Waals surface area contributed by atoms with Crippen LogP contribution in [0.15, 0.2) is 12.3 Å². The van der Waals surface area contributed by atoms with Crippen molar-refractivity contribution >= 4 is 5.91 Å². The molecule has 1 unspecified atom stereocenters. The van der Waals surface area contributed by atoms with Crippen molar-refractivity contribution in [3.63, 3.8) is 0 Å². The summed E-state index contributed by atoms with van der Waals surface area (Å²) in [7, 11) is 1.81. The van der Waals surface area contributed by atoms with Crippen molar-refractivity contribution < 1.29 is 23.1 Å². The molecule has 0 radical (unpaired) electrons. The molecule has 21 heavy (non-hydrogen) atoms. The van der Waals surface area contributed by atoms with Crippen LogP contribution < -0.4 is 0 Å². The van der Waals surface area contributed by atoms with Gasteiger partial charge in [-0.3, -0.25) is 9.48 Å². The highest BCUT2D eigenvalue weighted by atomic mass is 19.4. The van der Waals surface area contributed by atoms with Crippen molar-refractivity contribution in [1.82, 2.24) is 14.7 Å². The molecule has 2 heterocycles. The number of rotatable bonds is 2. The molecule has 1 saturated heterocycles. The number of hydrogen-bond donors (Lipinski definition) is 1. The van der Waals surface area contributed by atoms with E-state index < -0.39 is 17.7 Å². The maximum absolute atomic E-state index is 12.7. The molecular weight excluding hydrogens is 287 g/mol. The SMILES string of the molecule is Cn1nccc1C1CCN(C(=O)C(C)(O)C(F)(F)F)CC1. The minimum absolute atomic E-state index is 0.164. The van der Waals surface area contributed by atoms with Gasteiger partial charge in [0, 0.05) is 37.9 Å². The number of nitrogens with zero attached hydrogens (tertiary/aromatic N) is 3. The zero-order valence-corrected chi connectivity index (χ0v) is 11.9. The number of aromatic nitrogens is 2. The second-order valence-electron chi connectivity index (χ2n) is 5.52. The molecule has 1 aromatic rings. The first-order valence-electron chi connectivity index (χ1n) is 6.71. The average molecular weight is 305 g/mol. The number of likely N-dealkylation sites (tertiary alicyclic amines) is 1. The van der Waals surface area contributed by atoms with Crippen LogP contribution in [0.2, 0.25) is 0 Å². The van der Waals surface area contributed by atoms with E-state index in [1.165, 1.54) is 0 Å². The Morgan fingerprint density at radius 1 is 1.38 bits per heavy atom. The molecular formula is C13H18F3N3O2. The van der Waals surface area contributed by atoms with E-state index >= 15 is 0 Å². The number of alkyl halides is 3. The Kier molecular flexibility index (Phi) is 4.01. The lowest BCUT2D eigenvalue weighted by Crippen LogP contribution is -2.57. The third kappa shape index (κ3) is 2.90. The quantitative estimate of drug-likeness (QED) is 0.899. The van der Waals surface area contributed by atoms with E-state index in [4.69, 9.17) is 0 Å². The van der Waals surface area contributed by atoms with Gasteiger partial charge in [-0.05, 0) is 25.8 Å². The Bertz CT molecular complexity index is 517. The average Bonchev–Trinajstić information content (AvgIpc) is 2.83. The van der Waals surface area contributed by atoms with E-state index in [0.29, 0.717) is 19.8 Å². The summed E-state index contributed by atoms with van der Waals surface area (Å²) in [5.41, 5.74) is -2.32. The van der Waals surface area contributed by atoms with Crippen molar-refractivity contribution in [2.75, 3.05) is 13.1 Å². The lowest BCUT2D eigenvalue weighted by atomic mass is 9.92. The van der Waals surface area contributed by atoms with E-state index in [-0.39, 0.29) is 19.0 Å². The van der Waals surface area contributed by atoms with E-state index in [1.54, 1.807) is 17.9 Å². The number of halogens is 3. The summed E-state index contributed by atoms with van der Waals surface area (Å²) < 4.78 is 39.8. The van der Waals surface area contributed by atoms with Gasteiger partial charge in [-0.1, -0.05) is 0 Å². The summed E-state index contributed by atoms with van der Waals surface area (Å²) in [4.78, 5) is 12.9. The predicted octanol–water partition coefficient (Wildman–Crippen LogP) is 1.44. The molecule has 1 fully saturated rings. The summed E-state index contributed by atoms with van der Waals surface area (Å²) >= 11 is 0. The molecule has 1 aliphatic heterocycles. The fraction of sp³-hybridized carbons (Fsp3) is 0.692. The lowest BCUT2D eigenvalue weighted by molar-refractivity contribution is -0.250. The van der Waals surface area contributed by atoms with Gasteiger partial charge in [0.25, 0.3) is 5.91 Å². The van der Waals surface area contributed by atoms with Gasteiger partial charge < -0.3 is 10.0 Å². The Labute approximate surface area is 120 Å². The lowest BCUT2D eigenvalue weighted by Gasteiger charge is -2.36. The molecule has 118 valence electrons. The van der Waals surface area contributed by atoms with Crippen LogP contribution in [0.25, 0.3) is 0 Å². The largest absolute Gasteiger partial charge is 0.426 e. The summed E-state index contributed by atoms with van der Waals surface area (Å²) in [6.45, 7) is 0.893. The van der Waals surface area contributed by atoms with Gasteiger partial charge in [0.1, 0.15) is 0 Å².